The fraction of sp³-hybridized carbons (Fsp3) is 0.644. The fourth-order valence-electron chi connectivity index (χ4n) is 9.15. The van der Waals surface area contributed by atoms with E-state index < -0.39 is 55.2 Å². The van der Waals surface area contributed by atoms with Gasteiger partial charge in [-0.1, -0.05) is 177 Å². The Morgan fingerprint density at radius 1 is 0.580 bits per heavy atom. The number of aliphatic hydroxyl groups is 2. The van der Waals surface area contributed by atoms with Crippen molar-refractivity contribution in [1.29, 1.82) is 0 Å². The van der Waals surface area contributed by atoms with E-state index in [1.165, 1.54) is 92.9 Å². The van der Waals surface area contributed by atoms with Gasteiger partial charge >= 0.3 is 11.9 Å². The van der Waals surface area contributed by atoms with Crippen LogP contribution in [0, 0.1) is 0 Å². The Bertz CT molecular complexity index is 1800. The molecule has 0 unspecified atom stereocenters. The first-order chi connectivity index (χ1) is 33.7. The standard InChI is InChI=1S/C59H89NO9/c1-4-7-10-11-12-13-14-15-21-32-51(67-54(63)33-24-22-28-48-39-35-46(36-40-48)26-17-8-5-2)43-53(62)60-56-58(57(65)52(44-61)68-59(56)66-45-50-30-19-16-20-31-50)69-55(64)34-25-23-29-49-41-37-47(38-42-49)27-18-9-6-3/h16,19-20,30-31,35-42,51-52,56-59,61,65H,4-15,17-18,21-29,32-34,43-45H2,1-3H3,(H,60,62)/t51-,52+,56+,57+,58+,59+/m0/s1. The molecule has 3 aromatic rings. The summed E-state index contributed by atoms with van der Waals surface area (Å²) in [7, 11) is 0. The maximum absolute atomic E-state index is 14.1. The Labute approximate surface area is 416 Å². The van der Waals surface area contributed by atoms with Gasteiger partial charge in [0, 0.05) is 12.8 Å². The van der Waals surface area contributed by atoms with Gasteiger partial charge in [-0.15, -0.1) is 0 Å². The van der Waals surface area contributed by atoms with Gasteiger partial charge in [-0.25, -0.2) is 0 Å². The second-order valence-electron chi connectivity index (χ2n) is 19.5. The second-order valence-corrected chi connectivity index (χ2v) is 19.5. The van der Waals surface area contributed by atoms with Crippen molar-refractivity contribution in [2.75, 3.05) is 6.61 Å². The van der Waals surface area contributed by atoms with E-state index in [1.54, 1.807) is 0 Å². The van der Waals surface area contributed by atoms with Gasteiger partial charge in [0.2, 0.25) is 5.91 Å². The molecule has 10 heteroatoms. The smallest absolute Gasteiger partial charge is 0.306 e. The van der Waals surface area contributed by atoms with E-state index in [4.69, 9.17) is 18.9 Å². The molecule has 1 fully saturated rings. The Kier molecular flexibility index (Phi) is 29.2. The summed E-state index contributed by atoms with van der Waals surface area (Å²) in [6, 6.07) is 25.9. The van der Waals surface area contributed by atoms with Crippen LogP contribution >= 0.6 is 0 Å². The number of carbonyl (C=O) groups excluding carboxylic acids is 3. The third-order valence-corrected chi connectivity index (χ3v) is 13.4. The highest BCUT2D eigenvalue weighted by molar-refractivity contribution is 5.78. The van der Waals surface area contributed by atoms with Crippen molar-refractivity contribution in [2.24, 2.45) is 0 Å². The summed E-state index contributed by atoms with van der Waals surface area (Å²) < 4.78 is 24.4. The summed E-state index contributed by atoms with van der Waals surface area (Å²) in [6.07, 6.45) is 19.4. The molecule has 1 saturated heterocycles. The lowest BCUT2D eigenvalue weighted by Gasteiger charge is -2.43. The van der Waals surface area contributed by atoms with Crippen LogP contribution < -0.4 is 5.32 Å². The molecule has 4 rings (SSSR count). The van der Waals surface area contributed by atoms with E-state index in [2.05, 4.69) is 74.6 Å². The number of amides is 1. The molecular formula is C59H89NO9. The number of ether oxygens (including phenoxy) is 4. The maximum atomic E-state index is 14.1. The Hall–Kier alpha value is -4.09. The Morgan fingerprint density at radius 3 is 1.55 bits per heavy atom. The van der Waals surface area contributed by atoms with Gasteiger partial charge in [0.15, 0.2) is 12.4 Å². The quantitative estimate of drug-likeness (QED) is 0.0380. The number of unbranched alkanes of at least 4 members (excludes halogenated alkanes) is 14. The molecule has 384 valence electrons. The molecule has 1 heterocycles. The number of carbonyl (C=O) groups is 3. The molecular weight excluding hydrogens is 867 g/mol. The van der Waals surface area contributed by atoms with Crippen molar-refractivity contribution in [3.05, 3.63) is 107 Å². The monoisotopic (exact) mass is 956 g/mol. The molecule has 0 aromatic heterocycles. The van der Waals surface area contributed by atoms with Crippen LogP contribution in [0.4, 0.5) is 0 Å². The van der Waals surface area contributed by atoms with Gasteiger partial charge < -0.3 is 34.5 Å². The van der Waals surface area contributed by atoms with Crippen LogP contribution in [0.15, 0.2) is 78.9 Å². The zero-order chi connectivity index (χ0) is 49.3. The van der Waals surface area contributed by atoms with E-state index in [0.29, 0.717) is 19.3 Å². The molecule has 3 N–H and O–H groups in total. The van der Waals surface area contributed by atoms with Crippen LogP contribution in [0.25, 0.3) is 0 Å². The van der Waals surface area contributed by atoms with Crippen molar-refractivity contribution in [2.45, 2.75) is 237 Å². The average Bonchev–Trinajstić information content (AvgIpc) is 3.35. The van der Waals surface area contributed by atoms with Gasteiger partial charge in [0.25, 0.3) is 0 Å². The number of aryl methyl sites for hydroxylation is 4. The van der Waals surface area contributed by atoms with E-state index in [-0.39, 0.29) is 31.8 Å². The van der Waals surface area contributed by atoms with Crippen LogP contribution in [0.2, 0.25) is 0 Å². The number of nitrogens with one attached hydrogen (secondary N) is 1. The minimum Gasteiger partial charge on any atom is -0.462 e. The van der Waals surface area contributed by atoms with Crippen LogP contribution in [0.1, 0.15) is 196 Å². The normalized spacial score (nSPS) is 18.4. The van der Waals surface area contributed by atoms with Gasteiger partial charge in [-0.05, 0) is 105 Å². The molecule has 1 amide bonds. The zero-order valence-corrected chi connectivity index (χ0v) is 42.7. The summed E-state index contributed by atoms with van der Waals surface area (Å²) in [5.41, 5.74) is 6.02. The molecule has 0 radical (unpaired) electrons. The molecule has 10 nitrogen and oxygen atoms in total. The largest absolute Gasteiger partial charge is 0.462 e. The first-order valence-electron chi connectivity index (χ1n) is 27.2. The van der Waals surface area contributed by atoms with Crippen molar-refractivity contribution >= 4 is 17.8 Å². The maximum Gasteiger partial charge on any atom is 0.306 e. The van der Waals surface area contributed by atoms with E-state index in [1.807, 2.05) is 30.3 Å². The zero-order valence-electron chi connectivity index (χ0n) is 42.7. The number of rotatable bonds is 37. The lowest BCUT2D eigenvalue weighted by Crippen LogP contribution is -2.66. The van der Waals surface area contributed by atoms with Crippen LogP contribution in [-0.4, -0.2) is 71.4 Å². The van der Waals surface area contributed by atoms with Crippen LogP contribution in [-0.2, 0) is 65.6 Å². The van der Waals surface area contributed by atoms with Crippen molar-refractivity contribution in [3.63, 3.8) is 0 Å². The first kappa shape index (κ1) is 57.5. The topological polar surface area (TPSA) is 141 Å². The molecule has 1 aliphatic rings. The molecule has 69 heavy (non-hydrogen) atoms. The number of aliphatic hydroxyl groups excluding tert-OH is 2. The lowest BCUT2D eigenvalue weighted by atomic mass is 9.96. The molecule has 1 aliphatic heterocycles. The Morgan fingerprint density at radius 2 is 1.04 bits per heavy atom. The fourth-order valence-corrected chi connectivity index (χ4v) is 9.15. The molecule has 0 saturated carbocycles. The van der Waals surface area contributed by atoms with Gasteiger partial charge in [0.1, 0.15) is 24.4 Å². The summed E-state index contributed by atoms with van der Waals surface area (Å²) in [6.45, 7) is 6.20. The third kappa shape index (κ3) is 23.6. The predicted molar refractivity (Wildman–Crippen MR) is 276 cm³/mol. The summed E-state index contributed by atoms with van der Waals surface area (Å²) in [5, 5.41) is 24.8. The van der Waals surface area contributed by atoms with Crippen molar-refractivity contribution in [1.82, 2.24) is 5.32 Å². The molecule has 0 bridgehead atoms. The molecule has 6 atom stereocenters. The summed E-state index contributed by atoms with van der Waals surface area (Å²) in [5.74, 6) is -1.30. The minimum absolute atomic E-state index is 0.107. The van der Waals surface area contributed by atoms with Gasteiger partial charge in [-0.2, -0.15) is 0 Å². The van der Waals surface area contributed by atoms with E-state index in [9.17, 15) is 24.6 Å². The highest BCUT2D eigenvalue weighted by Gasteiger charge is 2.48. The number of esters is 2. The van der Waals surface area contributed by atoms with Crippen LogP contribution in [0.3, 0.4) is 0 Å². The second kappa shape index (κ2) is 35.1. The number of benzene rings is 3. The molecule has 0 spiro atoms. The van der Waals surface area contributed by atoms with Crippen LogP contribution in [0.5, 0.6) is 0 Å². The number of hydrogen-bond donors (Lipinski definition) is 3. The third-order valence-electron chi connectivity index (χ3n) is 13.4. The van der Waals surface area contributed by atoms with Crippen molar-refractivity contribution in [3.8, 4) is 0 Å². The van der Waals surface area contributed by atoms with E-state index >= 15 is 0 Å². The van der Waals surface area contributed by atoms with Crippen molar-refractivity contribution < 1.29 is 43.5 Å². The van der Waals surface area contributed by atoms with E-state index in [0.717, 1.165) is 69.8 Å². The highest BCUT2D eigenvalue weighted by Crippen LogP contribution is 2.27. The summed E-state index contributed by atoms with van der Waals surface area (Å²) in [4.78, 5) is 41.0. The lowest BCUT2D eigenvalue weighted by molar-refractivity contribution is -0.276. The SMILES string of the molecule is CCCCCCCCCCC[C@@H](CC(=O)N[C@H]1[C@H](OCc2ccccc2)O[C@H](CO)[C@@H](O)[C@@H]1OC(=O)CCCCc1ccc(CCCCC)cc1)OC(=O)CCCCc1ccc(CCCCC)cc1. The highest BCUT2D eigenvalue weighted by atomic mass is 16.7. The number of hydrogen-bond acceptors (Lipinski definition) is 9. The average molecular weight is 956 g/mol. The minimum atomic E-state index is -1.45. The van der Waals surface area contributed by atoms with Gasteiger partial charge in [-0.3, -0.25) is 14.4 Å². The first-order valence-corrected chi connectivity index (χ1v) is 27.2. The predicted octanol–water partition coefficient (Wildman–Crippen LogP) is 12.2. The summed E-state index contributed by atoms with van der Waals surface area (Å²) >= 11 is 0. The molecule has 0 aliphatic carbocycles. The van der Waals surface area contributed by atoms with Gasteiger partial charge in [0.05, 0.1) is 19.6 Å². The molecule has 3 aromatic carbocycles. The Balaban J connectivity index is 1.38.